The fourth-order valence-electron chi connectivity index (χ4n) is 3.33. The first-order chi connectivity index (χ1) is 13.0. The number of benzene rings is 1. The first-order valence-electron chi connectivity index (χ1n) is 8.79. The molecule has 0 saturated carbocycles. The standard InChI is InChI=1S/C20H18Cl2N2OS2/c1-11-2-4-14-15(10-26-18(14)6-11)19(25)24-20-23-9-13(27-20)7-12-3-5-16(21)17(22)8-12/h3,5,8-11H,2,4,6-7H2,1H3,(H,23,24,25). The minimum atomic E-state index is -0.0579. The molecule has 0 saturated heterocycles. The molecule has 0 bridgehead atoms. The van der Waals surface area contributed by atoms with Gasteiger partial charge in [0.05, 0.1) is 15.6 Å². The third-order valence-corrected chi connectivity index (χ3v) is 7.49. The molecule has 7 heteroatoms. The maximum atomic E-state index is 12.7. The second-order valence-corrected chi connectivity index (χ2v) is 9.80. The van der Waals surface area contributed by atoms with Crippen LogP contribution < -0.4 is 5.32 Å². The summed E-state index contributed by atoms with van der Waals surface area (Å²) in [4.78, 5) is 19.5. The first-order valence-corrected chi connectivity index (χ1v) is 11.2. The molecular weight excluding hydrogens is 419 g/mol. The lowest BCUT2D eigenvalue weighted by molar-refractivity contribution is 0.102. The van der Waals surface area contributed by atoms with Crippen molar-refractivity contribution in [3.05, 3.63) is 66.3 Å². The molecule has 1 atom stereocenters. The van der Waals surface area contributed by atoms with E-state index in [1.807, 2.05) is 17.5 Å². The molecule has 2 heterocycles. The van der Waals surface area contributed by atoms with Crippen molar-refractivity contribution in [2.24, 2.45) is 5.92 Å². The second-order valence-electron chi connectivity index (χ2n) is 6.91. The number of nitrogens with zero attached hydrogens (tertiary/aromatic N) is 1. The van der Waals surface area contributed by atoms with E-state index in [1.165, 1.54) is 21.8 Å². The average Bonchev–Trinajstić information content (AvgIpc) is 3.24. The summed E-state index contributed by atoms with van der Waals surface area (Å²) >= 11 is 15.2. The van der Waals surface area contributed by atoms with Crippen LogP contribution in [0.15, 0.2) is 29.8 Å². The number of hydrogen-bond donors (Lipinski definition) is 1. The highest BCUT2D eigenvalue weighted by Crippen LogP contribution is 2.33. The number of anilines is 1. The lowest BCUT2D eigenvalue weighted by atomic mass is 9.88. The lowest BCUT2D eigenvalue weighted by Gasteiger charge is -2.18. The largest absolute Gasteiger partial charge is 0.298 e. The Balaban J connectivity index is 1.45. The normalized spacial score (nSPS) is 16.2. The van der Waals surface area contributed by atoms with E-state index in [2.05, 4.69) is 17.2 Å². The van der Waals surface area contributed by atoms with E-state index in [-0.39, 0.29) is 5.91 Å². The molecule has 0 aliphatic heterocycles. The van der Waals surface area contributed by atoms with E-state index >= 15 is 0 Å². The fourth-order valence-corrected chi connectivity index (χ4v) is 5.74. The molecule has 0 radical (unpaired) electrons. The summed E-state index contributed by atoms with van der Waals surface area (Å²) in [6.45, 7) is 2.27. The molecule has 0 fully saturated rings. The SMILES string of the molecule is CC1CCc2c(C(=O)Nc3ncc(Cc4ccc(Cl)c(Cl)c4)s3)csc2C1. The molecular formula is C20H18Cl2N2OS2. The molecule has 3 aromatic rings. The van der Waals surface area contributed by atoms with Gasteiger partial charge in [0.1, 0.15) is 0 Å². The number of carbonyl (C=O) groups excluding carboxylic acids is 1. The van der Waals surface area contributed by atoms with Crippen molar-refractivity contribution in [1.82, 2.24) is 4.98 Å². The van der Waals surface area contributed by atoms with E-state index in [0.29, 0.717) is 27.5 Å². The van der Waals surface area contributed by atoms with E-state index in [9.17, 15) is 4.79 Å². The van der Waals surface area contributed by atoms with Gasteiger partial charge in [0, 0.05) is 27.8 Å². The zero-order valence-corrected chi connectivity index (χ0v) is 17.9. The maximum absolute atomic E-state index is 12.7. The van der Waals surface area contributed by atoms with Gasteiger partial charge in [-0.1, -0.05) is 36.2 Å². The molecule has 140 valence electrons. The van der Waals surface area contributed by atoms with E-state index in [0.717, 1.165) is 35.3 Å². The van der Waals surface area contributed by atoms with Gasteiger partial charge in [-0.15, -0.1) is 22.7 Å². The van der Waals surface area contributed by atoms with Crippen molar-refractivity contribution < 1.29 is 4.79 Å². The Labute approximate surface area is 176 Å². The van der Waals surface area contributed by atoms with Crippen LogP contribution in [0.4, 0.5) is 5.13 Å². The summed E-state index contributed by atoms with van der Waals surface area (Å²) in [5.74, 6) is 0.646. The Bertz CT molecular complexity index is 996. The van der Waals surface area contributed by atoms with Gasteiger partial charge in [0.25, 0.3) is 5.91 Å². The molecule has 4 rings (SSSR count). The van der Waals surface area contributed by atoms with Gasteiger partial charge < -0.3 is 0 Å². The molecule has 3 nitrogen and oxygen atoms in total. The van der Waals surface area contributed by atoms with Gasteiger partial charge in [-0.3, -0.25) is 10.1 Å². The monoisotopic (exact) mass is 436 g/mol. The highest BCUT2D eigenvalue weighted by Gasteiger charge is 2.23. The fraction of sp³-hybridized carbons (Fsp3) is 0.300. The summed E-state index contributed by atoms with van der Waals surface area (Å²) in [6.07, 6.45) is 5.72. The highest BCUT2D eigenvalue weighted by atomic mass is 35.5. The van der Waals surface area contributed by atoms with Gasteiger partial charge in [-0.25, -0.2) is 4.98 Å². The lowest BCUT2D eigenvalue weighted by Crippen LogP contribution is -2.16. The second kappa shape index (κ2) is 7.92. The molecule has 1 aliphatic rings. The van der Waals surface area contributed by atoms with Crippen LogP contribution in [0.25, 0.3) is 0 Å². The number of fused-ring (bicyclic) bond motifs is 1. The van der Waals surface area contributed by atoms with Gasteiger partial charge in [0.15, 0.2) is 5.13 Å². The van der Waals surface area contributed by atoms with Crippen molar-refractivity contribution >= 4 is 56.9 Å². The van der Waals surface area contributed by atoms with E-state index < -0.39 is 0 Å². The van der Waals surface area contributed by atoms with Crippen molar-refractivity contribution in [3.8, 4) is 0 Å². The third-order valence-electron chi connectivity index (χ3n) is 4.78. The van der Waals surface area contributed by atoms with Crippen molar-refractivity contribution in [2.75, 3.05) is 5.32 Å². The highest BCUT2D eigenvalue weighted by molar-refractivity contribution is 7.15. The van der Waals surface area contributed by atoms with Crippen LogP contribution in [0, 0.1) is 5.92 Å². The third kappa shape index (κ3) is 4.21. The number of thiazole rings is 1. The summed E-state index contributed by atoms with van der Waals surface area (Å²) in [5.41, 5.74) is 3.10. The number of thiophene rings is 1. The number of hydrogen-bond acceptors (Lipinski definition) is 4. The van der Waals surface area contributed by atoms with Gasteiger partial charge in [-0.2, -0.15) is 0 Å². The minimum absolute atomic E-state index is 0.0579. The van der Waals surface area contributed by atoms with Crippen LogP contribution in [-0.2, 0) is 19.3 Å². The maximum Gasteiger partial charge on any atom is 0.258 e. The predicted molar refractivity (Wildman–Crippen MR) is 115 cm³/mol. The van der Waals surface area contributed by atoms with Crippen LogP contribution in [-0.4, -0.2) is 10.9 Å². The number of halogens is 2. The van der Waals surface area contributed by atoms with Crippen molar-refractivity contribution in [2.45, 2.75) is 32.6 Å². The Morgan fingerprint density at radius 2 is 2.19 bits per heavy atom. The number of amides is 1. The van der Waals surface area contributed by atoms with Crippen LogP contribution in [0.1, 0.15) is 44.6 Å². The number of aromatic nitrogens is 1. The predicted octanol–water partition coefficient (Wildman–Crippen LogP) is 6.48. The van der Waals surface area contributed by atoms with Gasteiger partial charge in [0.2, 0.25) is 0 Å². The van der Waals surface area contributed by atoms with Crippen LogP contribution in [0.3, 0.4) is 0 Å². The summed E-state index contributed by atoms with van der Waals surface area (Å²) in [5, 5.41) is 6.67. The Morgan fingerprint density at radius 3 is 3.00 bits per heavy atom. The molecule has 1 N–H and O–H groups in total. The van der Waals surface area contributed by atoms with E-state index in [4.69, 9.17) is 23.2 Å². The van der Waals surface area contributed by atoms with Crippen molar-refractivity contribution in [3.63, 3.8) is 0 Å². The average molecular weight is 437 g/mol. The topological polar surface area (TPSA) is 42.0 Å². The Kier molecular flexibility index (Phi) is 5.55. The first kappa shape index (κ1) is 18.9. The minimum Gasteiger partial charge on any atom is -0.298 e. The van der Waals surface area contributed by atoms with E-state index in [1.54, 1.807) is 23.6 Å². The zero-order valence-electron chi connectivity index (χ0n) is 14.7. The van der Waals surface area contributed by atoms with Crippen LogP contribution >= 0.6 is 45.9 Å². The Morgan fingerprint density at radius 1 is 1.33 bits per heavy atom. The summed E-state index contributed by atoms with van der Waals surface area (Å²) < 4.78 is 0. The molecule has 2 aromatic heterocycles. The summed E-state index contributed by atoms with van der Waals surface area (Å²) in [7, 11) is 0. The molecule has 1 amide bonds. The van der Waals surface area contributed by atoms with Crippen LogP contribution in [0.5, 0.6) is 0 Å². The van der Waals surface area contributed by atoms with Crippen molar-refractivity contribution in [1.29, 1.82) is 0 Å². The molecule has 27 heavy (non-hydrogen) atoms. The summed E-state index contributed by atoms with van der Waals surface area (Å²) in [6, 6.07) is 5.61. The van der Waals surface area contributed by atoms with Crippen LogP contribution in [0.2, 0.25) is 10.0 Å². The molecule has 0 spiro atoms. The zero-order chi connectivity index (χ0) is 19.0. The number of nitrogens with one attached hydrogen (secondary N) is 1. The molecule has 1 aliphatic carbocycles. The molecule has 1 unspecified atom stereocenters. The smallest absolute Gasteiger partial charge is 0.258 e. The van der Waals surface area contributed by atoms with Gasteiger partial charge in [-0.05, 0) is 48.4 Å². The quantitative estimate of drug-likeness (QED) is 0.508. The number of rotatable bonds is 4. The number of carbonyl (C=O) groups is 1. The Hall–Kier alpha value is -1.40. The molecule has 1 aromatic carbocycles. The van der Waals surface area contributed by atoms with Gasteiger partial charge >= 0.3 is 0 Å².